The van der Waals surface area contributed by atoms with E-state index in [1.807, 2.05) is 30.4 Å². The average Bonchev–Trinajstić information content (AvgIpc) is 2.62. The highest BCUT2D eigenvalue weighted by atomic mass is 16.3. The van der Waals surface area contributed by atoms with Crippen molar-refractivity contribution in [2.24, 2.45) is 5.41 Å². The van der Waals surface area contributed by atoms with Gasteiger partial charge in [0.2, 0.25) is 0 Å². The van der Waals surface area contributed by atoms with Gasteiger partial charge in [0.25, 0.3) is 0 Å². The largest absolute Gasteiger partial charge is 0.513 e. The van der Waals surface area contributed by atoms with Crippen molar-refractivity contribution in [3.8, 4) is 5.75 Å². The number of phenols is 1. The Morgan fingerprint density at radius 1 is 1.12 bits per heavy atom. The van der Waals surface area contributed by atoms with Crippen LogP contribution in [0.4, 0.5) is 0 Å². The Bertz CT molecular complexity index is 759. The Labute approximate surface area is 156 Å². The summed E-state index contributed by atoms with van der Waals surface area (Å²) in [5.41, 5.74) is 3.17. The first-order valence-electron chi connectivity index (χ1n) is 8.92. The molecule has 0 aromatic heterocycles. The van der Waals surface area contributed by atoms with Crippen LogP contribution in [0.1, 0.15) is 38.7 Å². The van der Waals surface area contributed by atoms with Gasteiger partial charge in [-0.2, -0.15) is 0 Å². The molecule has 1 aliphatic carbocycles. The van der Waals surface area contributed by atoms with Crippen LogP contribution in [-0.4, -0.2) is 15.3 Å². The van der Waals surface area contributed by atoms with Crippen LogP contribution in [0.2, 0.25) is 0 Å². The molecule has 0 fully saturated rings. The highest BCUT2D eigenvalue weighted by Gasteiger charge is 2.32. The first-order valence-corrected chi connectivity index (χ1v) is 8.92. The second-order valence-corrected chi connectivity index (χ2v) is 6.98. The number of allylic oxidation sites excluding steroid dienone is 9. The third-order valence-corrected chi connectivity index (χ3v) is 5.05. The van der Waals surface area contributed by atoms with Gasteiger partial charge in [-0.15, -0.1) is 0 Å². The van der Waals surface area contributed by atoms with E-state index in [0.29, 0.717) is 12.2 Å². The molecule has 0 bridgehead atoms. The van der Waals surface area contributed by atoms with E-state index in [4.69, 9.17) is 0 Å². The summed E-state index contributed by atoms with van der Waals surface area (Å²) < 4.78 is 0. The second kappa shape index (κ2) is 8.61. The molecule has 0 saturated carbocycles. The van der Waals surface area contributed by atoms with Crippen molar-refractivity contribution >= 4 is 0 Å². The van der Waals surface area contributed by atoms with Gasteiger partial charge in [-0.05, 0) is 61.6 Å². The van der Waals surface area contributed by atoms with Crippen molar-refractivity contribution in [2.45, 2.75) is 39.5 Å². The maximum atomic E-state index is 9.71. The van der Waals surface area contributed by atoms with Crippen molar-refractivity contribution in [1.29, 1.82) is 0 Å². The highest BCUT2D eigenvalue weighted by molar-refractivity contribution is 5.41. The fraction of sp³-hybridized carbons (Fsp3) is 0.304. The maximum Gasteiger partial charge on any atom is 0.115 e. The predicted octanol–water partition coefficient (Wildman–Crippen LogP) is 6.07. The van der Waals surface area contributed by atoms with E-state index in [1.54, 1.807) is 31.2 Å². The van der Waals surface area contributed by atoms with Crippen LogP contribution in [0, 0.1) is 5.41 Å². The first-order chi connectivity index (χ1) is 12.3. The molecule has 0 aliphatic heterocycles. The van der Waals surface area contributed by atoms with E-state index in [0.717, 1.165) is 30.4 Å². The van der Waals surface area contributed by atoms with Crippen molar-refractivity contribution in [2.75, 3.05) is 0 Å². The third-order valence-electron chi connectivity index (χ3n) is 5.05. The number of aryl methyl sites for hydroxylation is 1. The van der Waals surface area contributed by atoms with E-state index in [9.17, 15) is 15.3 Å². The average molecular weight is 352 g/mol. The lowest BCUT2D eigenvalue weighted by Gasteiger charge is -2.35. The standard InChI is InChI=1S/C23H28O3/c1-4-19(8-5-17(2)24)23(3,20-9-13-22(26)14-10-20)16-15-18-6-11-21(25)12-7-18/h4-9,11-13,24-26H,1,10,14-16H2,2-3H3/b17-5+,19-8+. The Hall–Kier alpha value is -2.68. The molecule has 26 heavy (non-hydrogen) atoms. The molecule has 1 atom stereocenters. The zero-order valence-corrected chi connectivity index (χ0v) is 15.6. The molecular weight excluding hydrogens is 324 g/mol. The fourth-order valence-corrected chi connectivity index (χ4v) is 3.32. The van der Waals surface area contributed by atoms with Crippen molar-refractivity contribution in [1.82, 2.24) is 0 Å². The van der Waals surface area contributed by atoms with Crippen LogP contribution >= 0.6 is 0 Å². The van der Waals surface area contributed by atoms with Crippen LogP contribution in [0.25, 0.3) is 0 Å². The lowest BCUT2D eigenvalue weighted by molar-refractivity contribution is 0.368. The van der Waals surface area contributed by atoms with Gasteiger partial charge in [0.15, 0.2) is 0 Å². The zero-order chi connectivity index (χ0) is 19.2. The molecule has 0 amide bonds. The van der Waals surface area contributed by atoms with Gasteiger partial charge in [0.1, 0.15) is 5.75 Å². The number of phenolic OH excluding ortho intramolecular Hbond substituents is 1. The monoisotopic (exact) mass is 352 g/mol. The quantitative estimate of drug-likeness (QED) is 0.412. The SMILES string of the molecule is C=C/C(=C\C=C(/C)O)C(C)(CCc1ccc(O)cc1)C1=CC=C(O)CC1. The first kappa shape index (κ1) is 19.6. The van der Waals surface area contributed by atoms with Gasteiger partial charge in [-0.25, -0.2) is 0 Å². The lowest BCUT2D eigenvalue weighted by atomic mass is 9.69. The molecule has 0 heterocycles. The van der Waals surface area contributed by atoms with Gasteiger partial charge >= 0.3 is 0 Å². The van der Waals surface area contributed by atoms with Gasteiger partial charge in [0, 0.05) is 11.8 Å². The molecule has 3 N–H and O–H groups in total. The van der Waals surface area contributed by atoms with Crippen LogP contribution < -0.4 is 0 Å². The summed E-state index contributed by atoms with van der Waals surface area (Å²) in [6, 6.07) is 7.28. The maximum absolute atomic E-state index is 9.71. The highest BCUT2D eigenvalue weighted by Crippen LogP contribution is 2.44. The number of hydrogen-bond acceptors (Lipinski definition) is 3. The summed E-state index contributed by atoms with van der Waals surface area (Å²) in [6.45, 7) is 7.81. The molecule has 3 heteroatoms. The van der Waals surface area contributed by atoms with Crippen LogP contribution in [0.15, 0.2) is 83.9 Å². The summed E-state index contributed by atoms with van der Waals surface area (Å²) in [5, 5.41) is 28.7. The molecule has 1 aromatic carbocycles. The number of aromatic hydroxyl groups is 1. The van der Waals surface area contributed by atoms with Gasteiger partial charge in [-0.1, -0.05) is 49.4 Å². The van der Waals surface area contributed by atoms with Crippen LogP contribution in [0.3, 0.4) is 0 Å². The Morgan fingerprint density at radius 2 is 1.81 bits per heavy atom. The van der Waals surface area contributed by atoms with Gasteiger partial charge in [-0.3, -0.25) is 0 Å². The summed E-state index contributed by atoms with van der Waals surface area (Å²) in [5.74, 6) is 0.924. The number of hydrogen-bond donors (Lipinski definition) is 3. The Kier molecular flexibility index (Phi) is 6.51. The van der Waals surface area contributed by atoms with E-state index >= 15 is 0 Å². The molecular formula is C23H28O3. The molecule has 2 rings (SSSR count). The Morgan fingerprint density at radius 3 is 2.35 bits per heavy atom. The smallest absolute Gasteiger partial charge is 0.115 e. The minimum Gasteiger partial charge on any atom is -0.513 e. The molecule has 1 aromatic rings. The normalized spacial score (nSPS) is 17.9. The molecule has 3 nitrogen and oxygen atoms in total. The number of aliphatic hydroxyl groups excluding tert-OH is 2. The Balaban J connectivity index is 2.37. The summed E-state index contributed by atoms with van der Waals surface area (Å²) in [7, 11) is 0. The molecule has 1 unspecified atom stereocenters. The van der Waals surface area contributed by atoms with E-state index < -0.39 is 0 Å². The molecule has 0 spiro atoms. The molecule has 0 radical (unpaired) electrons. The molecule has 0 saturated heterocycles. The van der Waals surface area contributed by atoms with Crippen molar-refractivity contribution in [3.05, 3.63) is 89.5 Å². The molecule has 1 aliphatic rings. The van der Waals surface area contributed by atoms with Crippen LogP contribution in [-0.2, 0) is 6.42 Å². The van der Waals surface area contributed by atoms with Gasteiger partial charge < -0.3 is 15.3 Å². The van der Waals surface area contributed by atoms with E-state index in [-0.39, 0.29) is 16.9 Å². The number of benzene rings is 1. The van der Waals surface area contributed by atoms with E-state index in [2.05, 4.69) is 13.5 Å². The van der Waals surface area contributed by atoms with Crippen molar-refractivity contribution in [3.63, 3.8) is 0 Å². The van der Waals surface area contributed by atoms with Crippen molar-refractivity contribution < 1.29 is 15.3 Å². The summed E-state index contributed by atoms with van der Waals surface area (Å²) >= 11 is 0. The lowest BCUT2D eigenvalue weighted by Crippen LogP contribution is -2.24. The number of aliphatic hydroxyl groups is 2. The van der Waals surface area contributed by atoms with Crippen LogP contribution in [0.5, 0.6) is 5.75 Å². The topological polar surface area (TPSA) is 60.7 Å². The summed E-state index contributed by atoms with van der Waals surface area (Å²) in [4.78, 5) is 0. The minimum atomic E-state index is -0.261. The third kappa shape index (κ3) is 4.92. The second-order valence-electron chi connectivity index (χ2n) is 6.98. The fourth-order valence-electron chi connectivity index (χ4n) is 3.32. The van der Waals surface area contributed by atoms with Gasteiger partial charge in [0.05, 0.1) is 11.5 Å². The minimum absolute atomic E-state index is 0.250. The number of rotatable bonds is 7. The van der Waals surface area contributed by atoms with E-state index in [1.165, 1.54) is 5.57 Å². The molecule has 138 valence electrons. The zero-order valence-electron chi connectivity index (χ0n) is 15.6. The summed E-state index contributed by atoms with van der Waals surface area (Å²) in [6.07, 6.45) is 12.3. The predicted molar refractivity (Wildman–Crippen MR) is 107 cm³/mol.